The molecule has 1 saturated carbocycles. The molecule has 3 rings (SSSR count). The van der Waals surface area contributed by atoms with Gasteiger partial charge < -0.3 is 14.8 Å². The quantitative estimate of drug-likeness (QED) is 0.917. The second-order valence-corrected chi connectivity index (χ2v) is 6.29. The van der Waals surface area contributed by atoms with Crippen molar-refractivity contribution in [3.05, 3.63) is 23.8 Å². The van der Waals surface area contributed by atoms with Crippen molar-refractivity contribution in [1.29, 1.82) is 0 Å². The van der Waals surface area contributed by atoms with E-state index in [4.69, 9.17) is 9.47 Å². The molecule has 0 radical (unpaired) electrons. The molecule has 1 aromatic carbocycles. The molecule has 0 spiro atoms. The average Bonchev–Trinajstić information content (AvgIpc) is 2.48. The molecule has 1 fully saturated rings. The van der Waals surface area contributed by atoms with E-state index in [1.807, 2.05) is 6.07 Å². The summed E-state index contributed by atoms with van der Waals surface area (Å²) in [5, 5.41) is 3.70. The van der Waals surface area contributed by atoms with Crippen LogP contribution >= 0.6 is 0 Å². The summed E-state index contributed by atoms with van der Waals surface area (Å²) in [4.78, 5) is 0. The van der Waals surface area contributed by atoms with E-state index in [-0.39, 0.29) is 0 Å². The minimum absolute atomic E-state index is 0.640. The first-order valence-electron chi connectivity index (χ1n) is 7.85. The maximum absolute atomic E-state index is 5.77. The van der Waals surface area contributed by atoms with Gasteiger partial charge in [-0.2, -0.15) is 0 Å². The maximum Gasteiger partial charge on any atom is 0.165 e. The fourth-order valence-electron chi connectivity index (χ4n) is 3.26. The highest BCUT2D eigenvalue weighted by Crippen LogP contribution is 2.34. The van der Waals surface area contributed by atoms with E-state index in [9.17, 15) is 0 Å². The Hall–Kier alpha value is -1.22. The Morgan fingerprint density at radius 2 is 1.95 bits per heavy atom. The Kier molecular flexibility index (Phi) is 4.16. The highest BCUT2D eigenvalue weighted by molar-refractivity contribution is 5.47. The normalized spacial score (nSPS) is 29.2. The van der Waals surface area contributed by atoms with Crippen molar-refractivity contribution >= 4 is 0 Å². The van der Waals surface area contributed by atoms with Crippen LogP contribution in [-0.4, -0.2) is 19.3 Å². The van der Waals surface area contributed by atoms with Crippen molar-refractivity contribution < 1.29 is 9.47 Å². The van der Waals surface area contributed by atoms with E-state index < -0.39 is 0 Å². The molecular formula is C17H25NO2. The van der Waals surface area contributed by atoms with Gasteiger partial charge in [-0.25, -0.2) is 0 Å². The highest BCUT2D eigenvalue weighted by atomic mass is 16.6. The van der Waals surface area contributed by atoms with Gasteiger partial charge in [0.25, 0.3) is 0 Å². The summed E-state index contributed by atoms with van der Waals surface area (Å²) in [6.45, 7) is 6.93. The molecule has 2 aliphatic rings. The Bertz CT molecular complexity index is 460. The van der Waals surface area contributed by atoms with Crippen molar-refractivity contribution in [2.75, 3.05) is 13.2 Å². The lowest BCUT2D eigenvalue weighted by atomic mass is 9.79. The summed E-state index contributed by atoms with van der Waals surface area (Å²) in [6, 6.07) is 6.81. The van der Waals surface area contributed by atoms with Gasteiger partial charge in [0.15, 0.2) is 11.5 Å². The summed E-state index contributed by atoms with van der Waals surface area (Å²) >= 11 is 0. The van der Waals surface area contributed by atoms with Gasteiger partial charge in [0.05, 0.1) is 0 Å². The van der Waals surface area contributed by atoms with Crippen molar-refractivity contribution in [1.82, 2.24) is 5.32 Å². The zero-order valence-electron chi connectivity index (χ0n) is 12.5. The molecule has 0 aromatic heterocycles. The third-order valence-corrected chi connectivity index (χ3v) is 4.83. The minimum atomic E-state index is 0.640. The van der Waals surface area contributed by atoms with Crippen molar-refractivity contribution in [3.8, 4) is 11.5 Å². The molecule has 0 amide bonds. The fraction of sp³-hybridized carbons (Fsp3) is 0.647. The molecule has 3 nitrogen and oxygen atoms in total. The molecule has 1 aliphatic heterocycles. The van der Waals surface area contributed by atoms with Gasteiger partial charge in [0.2, 0.25) is 0 Å². The molecule has 3 atom stereocenters. The Morgan fingerprint density at radius 3 is 2.80 bits per heavy atom. The topological polar surface area (TPSA) is 30.5 Å². The van der Waals surface area contributed by atoms with E-state index in [1.165, 1.54) is 24.8 Å². The standard InChI is InChI=1S/C17H25NO2/c1-12-6-7-15(10-13(12)2)18-11-14-4-3-5-16-17(14)20-9-8-19-16/h3-5,12-13,15,18H,6-11H2,1-2H3. The lowest BCUT2D eigenvalue weighted by Crippen LogP contribution is -2.36. The van der Waals surface area contributed by atoms with Gasteiger partial charge >= 0.3 is 0 Å². The predicted molar refractivity (Wildman–Crippen MR) is 80.2 cm³/mol. The molecule has 20 heavy (non-hydrogen) atoms. The summed E-state index contributed by atoms with van der Waals surface area (Å²) in [7, 11) is 0. The second-order valence-electron chi connectivity index (χ2n) is 6.29. The van der Waals surface area contributed by atoms with E-state index in [0.717, 1.165) is 29.9 Å². The van der Waals surface area contributed by atoms with E-state index in [2.05, 4.69) is 31.3 Å². The molecule has 1 heterocycles. The van der Waals surface area contributed by atoms with Crippen LogP contribution in [0, 0.1) is 11.8 Å². The number of hydrogen-bond donors (Lipinski definition) is 1. The van der Waals surface area contributed by atoms with Gasteiger partial charge in [0, 0.05) is 18.2 Å². The Balaban J connectivity index is 1.61. The van der Waals surface area contributed by atoms with E-state index >= 15 is 0 Å². The summed E-state index contributed by atoms with van der Waals surface area (Å²) in [6.07, 6.45) is 3.91. The molecule has 1 N–H and O–H groups in total. The van der Waals surface area contributed by atoms with Crippen LogP contribution in [0.5, 0.6) is 11.5 Å². The first kappa shape index (κ1) is 13.7. The molecule has 3 heteroatoms. The van der Waals surface area contributed by atoms with Crippen LogP contribution in [0.15, 0.2) is 18.2 Å². The van der Waals surface area contributed by atoms with Crippen LogP contribution in [0.2, 0.25) is 0 Å². The summed E-state index contributed by atoms with van der Waals surface area (Å²) < 4.78 is 11.4. The zero-order chi connectivity index (χ0) is 13.9. The lowest BCUT2D eigenvalue weighted by molar-refractivity contribution is 0.169. The lowest BCUT2D eigenvalue weighted by Gasteiger charge is -2.33. The summed E-state index contributed by atoms with van der Waals surface area (Å²) in [5.41, 5.74) is 1.22. The number of rotatable bonds is 3. The molecular weight excluding hydrogens is 250 g/mol. The van der Waals surface area contributed by atoms with Gasteiger partial charge in [-0.05, 0) is 37.2 Å². The Morgan fingerprint density at radius 1 is 1.10 bits per heavy atom. The first-order valence-corrected chi connectivity index (χ1v) is 7.85. The van der Waals surface area contributed by atoms with Crippen LogP contribution in [0.1, 0.15) is 38.7 Å². The van der Waals surface area contributed by atoms with Gasteiger partial charge in [-0.1, -0.05) is 26.0 Å². The van der Waals surface area contributed by atoms with Crippen LogP contribution in [-0.2, 0) is 6.54 Å². The maximum atomic E-state index is 5.77. The highest BCUT2D eigenvalue weighted by Gasteiger charge is 2.24. The number of ether oxygens (including phenoxy) is 2. The van der Waals surface area contributed by atoms with E-state index in [0.29, 0.717) is 19.3 Å². The minimum Gasteiger partial charge on any atom is -0.486 e. The SMILES string of the molecule is CC1CCC(NCc2cccc3c2OCCO3)CC1C. The largest absolute Gasteiger partial charge is 0.486 e. The number of benzene rings is 1. The second kappa shape index (κ2) is 6.04. The van der Waals surface area contributed by atoms with Crippen molar-refractivity contribution in [2.45, 2.75) is 45.7 Å². The summed E-state index contributed by atoms with van der Waals surface area (Å²) in [5.74, 6) is 3.52. The van der Waals surface area contributed by atoms with Crippen LogP contribution in [0.4, 0.5) is 0 Å². The Labute approximate surface area is 121 Å². The van der Waals surface area contributed by atoms with Crippen molar-refractivity contribution in [2.24, 2.45) is 11.8 Å². The number of hydrogen-bond acceptors (Lipinski definition) is 3. The molecule has 1 aromatic rings. The van der Waals surface area contributed by atoms with E-state index in [1.54, 1.807) is 0 Å². The van der Waals surface area contributed by atoms with Crippen LogP contribution in [0.3, 0.4) is 0 Å². The van der Waals surface area contributed by atoms with Gasteiger partial charge in [-0.15, -0.1) is 0 Å². The van der Waals surface area contributed by atoms with Gasteiger partial charge in [0.1, 0.15) is 13.2 Å². The predicted octanol–water partition coefficient (Wildman–Crippen LogP) is 3.37. The molecule has 0 bridgehead atoms. The third-order valence-electron chi connectivity index (χ3n) is 4.83. The average molecular weight is 275 g/mol. The number of fused-ring (bicyclic) bond motifs is 1. The van der Waals surface area contributed by atoms with Crippen LogP contribution < -0.4 is 14.8 Å². The monoisotopic (exact) mass is 275 g/mol. The van der Waals surface area contributed by atoms with Gasteiger partial charge in [-0.3, -0.25) is 0 Å². The number of nitrogens with one attached hydrogen (secondary N) is 1. The first-order chi connectivity index (χ1) is 9.74. The molecule has 3 unspecified atom stereocenters. The molecule has 110 valence electrons. The van der Waals surface area contributed by atoms with Crippen LogP contribution in [0.25, 0.3) is 0 Å². The molecule has 1 aliphatic carbocycles. The number of para-hydroxylation sites is 1. The third kappa shape index (κ3) is 2.93. The fourth-order valence-corrected chi connectivity index (χ4v) is 3.26. The smallest absolute Gasteiger partial charge is 0.165 e. The zero-order valence-corrected chi connectivity index (χ0v) is 12.5. The van der Waals surface area contributed by atoms with Crippen molar-refractivity contribution in [3.63, 3.8) is 0 Å². The molecule has 0 saturated heterocycles.